The number of hydrogen-bond acceptors (Lipinski definition) is 4. The molecule has 0 unspecified atom stereocenters. The summed E-state index contributed by atoms with van der Waals surface area (Å²) in [6, 6.07) is 0. The van der Waals surface area contributed by atoms with Crippen LogP contribution in [0, 0.1) is 0 Å². The summed E-state index contributed by atoms with van der Waals surface area (Å²) in [6.07, 6.45) is 1.58. The summed E-state index contributed by atoms with van der Waals surface area (Å²) >= 11 is 4.84. The zero-order chi connectivity index (χ0) is 12.6. The van der Waals surface area contributed by atoms with Gasteiger partial charge in [0.05, 0.1) is 5.69 Å². The van der Waals surface area contributed by atoms with Crippen molar-refractivity contribution in [2.75, 3.05) is 11.4 Å². The minimum atomic E-state index is -0.462. The maximum atomic E-state index is 12.1. The molecule has 4 nitrogen and oxygen atoms in total. The van der Waals surface area contributed by atoms with Crippen molar-refractivity contribution in [3.8, 4) is 0 Å². The Morgan fingerprint density at radius 2 is 2.24 bits per heavy atom. The maximum Gasteiger partial charge on any atom is 0.415 e. The van der Waals surface area contributed by atoms with Gasteiger partial charge in [-0.25, -0.2) is 9.78 Å². The molecule has 0 radical (unpaired) electrons. The first kappa shape index (κ1) is 12.8. The summed E-state index contributed by atoms with van der Waals surface area (Å²) in [5.41, 5.74) is 0.523. The van der Waals surface area contributed by atoms with E-state index in [0.717, 1.165) is 27.5 Å². The third kappa shape index (κ3) is 2.98. The van der Waals surface area contributed by atoms with Crippen LogP contribution < -0.4 is 4.90 Å². The van der Waals surface area contributed by atoms with Crippen molar-refractivity contribution >= 4 is 38.4 Å². The number of rotatable bonds is 0. The smallest absolute Gasteiger partial charge is 0.415 e. The van der Waals surface area contributed by atoms with Gasteiger partial charge >= 0.3 is 6.09 Å². The van der Waals surface area contributed by atoms with Gasteiger partial charge in [0.1, 0.15) is 10.6 Å². The van der Waals surface area contributed by atoms with Crippen LogP contribution in [0.25, 0.3) is 0 Å². The van der Waals surface area contributed by atoms with Crippen molar-refractivity contribution < 1.29 is 9.53 Å². The molecule has 0 saturated heterocycles. The van der Waals surface area contributed by atoms with Crippen LogP contribution in [0.4, 0.5) is 9.80 Å². The summed E-state index contributed by atoms with van der Waals surface area (Å²) in [5.74, 6) is 0. The molecule has 17 heavy (non-hydrogen) atoms. The largest absolute Gasteiger partial charge is 0.443 e. The van der Waals surface area contributed by atoms with Gasteiger partial charge in [0.2, 0.25) is 0 Å². The van der Waals surface area contributed by atoms with Gasteiger partial charge in [0.25, 0.3) is 0 Å². The third-order valence-electron chi connectivity index (χ3n) is 2.30. The number of amides is 1. The normalized spacial score (nSPS) is 15.6. The molecule has 0 atom stereocenters. The van der Waals surface area contributed by atoms with Crippen molar-refractivity contribution in [2.45, 2.75) is 39.2 Å². The molecule has 0 aliphatic carbocycles. The molecule has 1 aromatic heterocycles. The zero-order valence-corrected chi connectivity index (χ0v) is 12.5. The highest BCUT2D eigenvalue weighted by Gasteiger charge is 2.29. The number of carbonyl (C=O) groups excluding carboxylic acids is 1. The van der Waals surface area contributed by atoms with Crippen LogP contribution in [-0.4, -0.2) is 23.2 Å². The van der Waals surface area contributed by atoms with Gasteiger partial charge in [0.15, 0.2) is 3.92 Å². The number of aryl methyl sites for hydroxylation is 1. The highest BCUT2D eigenvalue weighted by molar-refractivity contribution is 9.11. The van der Waals surface area contributed by atoms with Crippen molar-refractivity contribution in [1.29, 1.82) is 0 Å². The molecule has 0 fully saturated rings. The fourth-order valence-electron chi connectivity index (χ4n) is 1.69. The predicted octanol–water partition coefficient (Wildman–Crippen LogP) is 3.59. The molecule has 1 amide bonds. The Hall–Kier alpha value is -0.620. The van der Waals surface area contributed by atoms with Crippen molar-refractivity contribution in [3.63, 3.8) is 0 Å². The molecule has 0 bridgehead atoms. The molecule has 1 aromatic rings. The zero-order valence-electron chi connectivity index (χ0n) is 10.1. The summed E-state index contributed by atoms with van der Waals surface area (Å²) in [7, 11) is 0. The van der Waals surface area contributed by atoms with Crippen molar-refractivity contribution in [1.82, 2.24) is 4.98 Å². The molecular weight excluding hydrogens is 304 g/mol. The monoisotopic (exact) mass is 318 g/mol. The maximum absolute atomic E-state index is 12.1. The Bertz CT molecular complexity index is 439. The molecular formula is C11H15BrN2O2S. The Labute approximate surface area is 113 Å². The highest BCUT2D eigenvalue weighted by atomic mass is 79.9. The first-order chi connectivity index (χ1) is 7.87. The van der Waals surface area contributed by atoms with Gasteiger partial charge in [-0.2, -0.15) is 0 Å². The van der Waals surface area contributed by atoms with Gasteiger partial charge in [-0.3, -0.25) is 4.90 Å². The number of thiazole rings is 1. The van der Waals surface area contributed by atoms with Gasteiger partial charge < -0.3 is 4.74 Å². The van der Waals surface area contributed by atoms with E-state index in [0.29, 0.717) is 6.54 Å². The van der Waals surface area contributed by atoms with E-state index < -0.39 is 5.60 Å². The summed E-state index contributed by atoms with van der Waals surface area (Å²) in [5, 5.41) is 0.914. The van der Waals surface area contributed by atoms with Crippen LogP contribution in [0.2, 0.25) is 0 Å². The van der Waals surface area contributed by atoms with Gasteiger partial charge in [0, 0.05) is 6.54 Å². The number of anilines is 1. The Kier molecular flexibility index (Phi) is 3.45. The Morgan fingerprint density at radius 1 is 1.53 bits per heavy atom. The molecule has 1 aliphatic heterocycles. The number of fused-ring (bicyclic) bond motifs is 1. The fraction of sp³-hybridized carbons (Fsp3) is 0.636. The van der Waals surface area contributed by atoms with Crippen LogP contribution in [0.15, 0.2) is 3.92 Å². The van der Waals surface area contributed by atoms with Crippen LogP contribution >= 0.6 is 27.3 Å². The topological polar surface area (TPSA) is 42.4 Å². The predicted molar refractivity (Wildman–Crippen MR) is 71.7 cm³/mol. The second-order valence-electron chi connectivity index (χ2n) is 4.95. The van der Waals surface area contributed by atoms with Crippen LogP contribution in [0.1, 0.15) is 32.9 Å². The first-order valence-corrected chi connectivity index (χ1v) is 7.13. The van der Waals surface area contributed by atoms with E-state index >= 15 is 0 Å². The molecule has 1 aliphatic rings. The van der Waals surface area contributed by atoms with E-state index in [-0.39, 0.29) is 6.09 Å². The summed E-state index contributed by atoms with van der Waals surface area (Å²) < 4.78 is 6.21. The highest BCUT2D eigenvalue weighted by Crippen LogP contribution is 2.36. The van der Waals surface area contributed by atoms with Gasteiger partial charge in [-0.15, -0.1) is 0 Å². The number of carbonyl (C=O) groups is 1. The second kappa shape index (κ2) is 4.57. The Balaban J connectivity index is 2.21. The minimum absolute atomic E-state index is 0.283. The number of aromatic nitrogens is 1. The summed E-state index contributed by atoms with van der Waals surface area (Å²) in [4.78, 5) is 18.1. The SMILES string of the molecule is CC(C)(C)OC(=O)N1CCCc2nc(Br)sc21. The number of nitrogens with zero attached hydrogens (tertiary/aromatic N) is 2. The lowest BCUT2D eigenvalue weighted by molar-refractivity contribution is 0.0579. The summed E-state index contributed by atoms with van der Waals surface area (Å²) in [6.45, 7) is 6.32. The second-order valence-corrected chi connectivity index (χ2v) is 7.21. The molecule has 0 saturated carbocycles. The molecule has 2 heterocycles. The standard InChI is InChI=1S/C11H15BrN2O2S/c1-11(2,3)16-10(15)14-6-4-5-7-8(14)17-9(12)13-7/h4-6H2,1-3H3. The first-order valence-electron chi connectivity index (χ1n) is 5.52. The third-order valence-corrected chi connectivity index (χ3v) is 3.88. The van der Waals surface area contributed by atoms with Crippen LogP contribution in [0.5, 0.6) is 0 Å². The minimum Gasteiger partial charge on any atom is -0.443 e. The molecule has 6 heteroatoms. The van der Waals surface area contributed by atoms with E-state index in [2.05, 4.69) is 20.9 Å². The van der Waals surface area contributed by atoms with Crippen LogP contribution in [0.3, 0.4) is 0 Å². The van der Waals surface area contributed by atoms with E-state index in [9.17, 15) is 4.79 Å². The van der Waals surface area contributed by atoms with Crippen molar-refractivity contribution in [2.24, 2.45) is 0 Å². The molecule has 94 valence electrons. The number of ether oxygens (including phenoxy) is 1. The average molecular weight is 319 g/mol. The lowest BCUT2D eigenvalue weighted by Gasteiger charge is -2.29. The van der Waals surface area contributed by atoms with E-state index in [1.54, 1.807) is 4.90 Å². The van der Waals surface area contributed by atoms with Crippen molar-refractivity contribution in [3.05, 3.63) is 9.61 Å². The van der Waals surface area contributed by atoms with Gasteiger partial charge in [-0.1, -0.05) is 11.3 Å². The molecule has 0 spiro atoms. The van der Waals surface area contributed by atoms with E-state index in [1.165, 1.54) is 11.3 Å². The number of hydrogen-bond donors (Lipinski definition) is 0. The average Bonchev–Trinajstić information content (AvgIpc) is 2.54. The van der Waals surface area contributed by atoms with Crippen LogP contribution in [-0.2, 0) is 11.2 Å². The molecule has 2 rings (SSSR count). The number of halogens is 1. The lowest BCUT2D eigenvalue weighted by Crippen LogP contribution is -2.39. The molecule has 0 N–H and O–H groups in total. The quantitative estimate of drug-likeness (QED) is 0.734. The van der Waals surface area contributed by atoms with Gasteiger partial charge in [-0.05, 0) is 49.5 Å². The lowest BCUT2D eigenvalue weighted by atomic mass is 10.1. The fourth-order valence-corrected chi connectivity index (χ4v) is 3.22. The van der Waals surface area contributed by atoms with E-state index in [1.807, 2.05) is 20.8 Å². The van der Waals surface area contributed by atoms with E-state index in [4.69, 9.17) is 4.74 Å². The Morgan fingerprint density at radius 3 is 2.88 bits per heavy atom. The molecule has 0 aromatic carbocycles.